The van der Waals surface area contributed by atoms with Crippen molar-refractivity contribution in [2.75, 3.05) is 59.2 Å². The van der Waals surface area contributed by atoms with E-state index in [0.29, 0.717) is 74.4 Å². The van der Waals surface area contributed by atoms with Crippen molar-refractivity contribution in [3.63, 3.8) is 0 Å². The minimum Gasteiger partial charge on any atom is -0.507 e. The summed E-state index contributed by atoms with van der Waals surface area (Å²) in [4.78, 5) is 30.5. The van der Waals surface area contributed by atoms with Crippen molar-refractivity contribution in [1.29, 1.82) is 0 Å². The predicted octanol–water partition coefficient (Wildman–Crippen LogP) is 3.00. The fraction of sp³-hybridized carbons (Fsp3) is 0.429. The van der Waals surface area contributed by atoms with Crippen LogP contribution in [-0.2, 0) is 14.3 Å². The highest BCUT2D eigenvalue weighted by Crippen LogP contribution is 2.41. The lowest BCUT2D eigenvalue weighted by atomic mass is 9.95. The summed E-state index contributed by atoms with van der Waals surface area (Å²) in [5.41, 5.74) is 1.15. The molecule has 3 aliphatic rings. The molecule has 3 heterocycles. The Labute approximate surface area is 216 Å². The van der Waals surface area contributed by atoms with Crippen LogP contribution < -0.4 is 14.2 Å². The molecule has 2 aromatic rings. The number of amides is 1. The Morgan fingerprint density at radius 1 is 1.00 bits per heavy atom. The molecular formula is C28H32N2O7. The van der Waals surface area contributed by atoms with E-state index in [0.717, 1.165) is 19.6 Å². The number of likely N-dealkylation sites (tertiary alicyclic amines) is 1. The molecule has 0 bridgehead atoms. The van der Waals surface area contributed by atoms with Crippen LogP contribution in [0.15, 0.2) is 48.0 Å². The number of ether oxygens (including phenoxy) is 4. The maximum Gasteiger partial charge on any atom is 0.295 e. The number of carbonyl (C=O) groups excluding carboxylic acids is 2. The van der Waals surface area contributed by atoms with Crippen molar-refractivity contribution in [3.8, 4) is 17.2 Å². The summed E-state index contributed by atoms with van der Waals surface area (Å²) in [5.74, 6) is 0.145. The number of aliphatic hydroxyl groups excluding tert-OH is 1. The molecule has 2 fully saturated rings. The largest absolute Gasteiger partial charge is 0.507 e. The number of hydrogen-bond donors (Lipinski definition) is 1. The molecule has 0 aliphatic carbocycles. The van der Waals surface area contributed by atoms with Crippen molar-refractivity contribution >= 4 is 17.4 Å². The number of morpholine rings is 1. The fourth-order valence-corrected chi connectivity index (χ4v) is 5.03. The normalized spacial score (nSPS) is 21.3. The van der Waals surface area contributed by atoms with Gasteiger partial charge in [0.2, 0.25) is 0 Å². The first-order valence-corrected chi connectivity index (χ1v) is 12.8. The van der Waals surface area contributed by atoms with Gasteiger partial charge in [-0.15, -0.1) is 0 Å². The quantitative estimate of drug-likeness (QED) is 0.330. The highest BCUT2D eigenvalue weighted by molar-refractivity contribution is 6.46. The van der Waals surface area contributed by atoms with E-state index in [2.05, 4.69) is 4.90 Å². The number of benzene rings is 2. The topological polar surface area (TPSA) is 97.8 Å². The molecule has 0 aromatic heterocycles. The first kappa shape index (κ1) is 25.1. The van der Waals surface area contributed by atoms with E-state index in [9.17, 15) is 14.7 Å². The van der Waals surface area contributed by atoms with Crippen molar-refractivity contribution < 1.29 is 33.6 Å². The Kier molecular flexibility index (Phi) is 7.62. The van der Waals surface area contributed by atoms with Gasteiger partial charge in [-0.05, 0) is 49.2 Å². The molecule has 0 radical (unpaired) electrons. The Morgan fingerprint density at radius 2 is 1.78 bits per heavy atom. The van der Waals surface area contributed by atoms with Crippen LogP contribution in [0, 0.1) is 0 Å². The second kappa shape index (κ2) is 11.2. The lowest BCUT2D eigenvalue weighted by Gasteiger charge is -2.29. The summed E-state index contributed by atoms with van der Waals surface area (Å²) >= 11 is 0. The number of carbonyl (C=O) groups is 2. The second-order valence-electron chi connectivity index (χ2n) is 9.16. The van der Waals surface area contributed by atoms with E-state index in [1.807, 2.05) is 31.2 Å². The van der Waals surface area contributed by atoms with E-state index in [1.54, 1.807) is 23.1 Å². The second-order valence-corrected chi connectivity index (χ2v) is 9.16. The van der Waals surface area contributed by atoms with Gasteiger partial charge in [0.1, 0.15) is 24.7 Å². The molecular weight excluding hydrogens is 476 g/mol. The van der Waals surface area contributed by atoms with Gasteiger partial charge in [-0.3, -0.25) is 14.5 Å². The van der Waals surface area contributed by atoms with Gasteiger partial charge in [-0.1, -0.05) is 12.1 Å². The van der Waals surface area contributed by atoms with Crippen LogP contribution in [0.1, 0.15) is 30.5 Å². The summed E-state index contributed by atoms with van der Waals surface area (Å²) in [5, 5.41) is 11.4. The number of fused-ring (bicyclic) bond motifs is 1. The predicted molar refractivity (Wildman–Crippen MR) is 136 cm³/mol. The summed E-state index contributed by atoms with van der Waals surface area (Å²) in [6, 6.07) is 11.6. The Balaban J connectivity index is 1.50. The number of aliphatic hydroxyl groups is 1. The zero-order valence-corrected chi connectivity index (χ0v) is 21.0. The number of hydrogen-bond acceptors (Lipinski definition) is 8. The van der Waals surface area contributed by atoms with Gasteiger partial charge in [-0.25, -0.2) is 0 Å². The van der Waals surface area contributed by atoms with Crippen molar-refractivity contribution in [2.24, 2.45) is 0 Å². The SMILES string of the molecule is CCOc1cccc([C@@H]2/C(=C(\O)c3ccc4c(c3)OCCO4)C(=O)C(=O)N2CCCN2CCOCC2)c1. The molecule has 5 rings (SSSR count). The maximum atomic E-state index is 13.4. The summed E-state index contributed by atoms with van der Waals surface area (Å²) in [6.07, 6.45) is 0.693. The first-order chi connectivity index (χ1) is 18.1. The third-order valence-corrected chi connectivity index (χ3v) is 6.82. The van der Waals surface area contributed by atoms with Gasteiger partial charge in [0.25, 0.3) is 11.7 Å². The van der Waals surface area contributed by atoms with Crippen LogP contribution in [0.5, 0.6) is 17.2 Å². The van der Waals surface area contributed by atoms with Crippen LogP contribution in [0.4, 0.5) is 0 Å². The van der Waals surface area contributed by atoms with Crippen molar-refractivity contribution in [2.45, 2.75) is 19.4 Å². The van der Waals surface area contributed by atoms with Crippen molar-refractivity contribution in [1.82, 2.24) is 9.80 Å². The fourth-order valence-electron chi connectivity index (χ4n) is 5.03. The number of rotatable bonds is 8. The van der Waals surface area contributed by atoms with Crippen LogP contribution >= 0.6 is 0 Å². The monoisotopic (exact) mass is 508 g/mol. The molecule has 0 unspecified atom stereocenters. The molecule has 37 heavy (non-hydrogen) atoms. The number of Topliss-reactive ketones (excluding diaryl/α,β-unsaturated/α-hetero) is 1. The van der Waals surface area contributed by atoms with Gasteiger partial charge in [-0.2, -0.15) is 0 Å². The molecule has 196 valence electrons. The van der Waals surface area contributed by atoms with Gasteiger partial charge in [0.15, 0.2) is 11.5 Å². The van der Waals surface area contributed by atoms with Crippen LogP contribution in [0.25, 0.3) is 5.76 Å². The van der Waals surface area contributed by atoms with Crippen LogP contribution in [0.2, 0.25) is 0 Å². The third kappa shape index (κ3) is 5.28. The zero-order valence-electron chi connectivity index (χ0n) is 21.0. The van der Waals surface area contributed by atoms with E-state index in [-0.39, 0.29) is 11.3 Å². The zero-order chi connectivity index (χ0) is 25.8. The van der Waals surface area contributed by atoms with E-state index in [1.165, 1.54) is 0 Å². The minimum atomic E-state index is -0.738. The molecule has 9 heteroatoms. The van der Waals surface area contributed by atoms with Crippen molar-refractivity contribution in [3.05, 3.63) is 59.2 Å². The highest BCUT2D eigenvalue weighted by Gasteiger charge is 2.46. The standard InChI is InChI=1S/C28H32N2O7/c1-2-35-21-6-3-5-19(17-21)25-24(26(31)20-7-8-22-23(18-20)37-16-15-36-22)27(32)28(33)30(25)10-4-9-29-11-13-34-14-12-29/h3,5-8,17-18,25,31H,2,4,9-16H2,1H3/b26-24+/t25-/m1/s1. The lowest BCUT2D eigenvalue weighted by Crippen LogP contribution is -2.38. The highest BCUT2D eigenvalue weighted by atomic mass is 16.6. The van der Waals surface area contributed by atoms with Crippen LogP contribution in [-0.4, -0.2) is 85.8 Å². The summed E-state index contributed by atoms with van der Waals surface area (Å²) < 4.78 is 22.3. The van der Waals surface area contributed by atoms with Gasteiger partial charge in [0, 0.05) is 31.7 Å². The summed E-state index contributed by atoms with van der Waals surface area (Å²) in [6.45, 7) is 7.50. The molecule has 0 spiro atoms. The Bertz CT molecular complexity index is 1190. The average molecular weight is 509 g/mol. The molecule has 1 N–H and O–H groups in total. The summed E-state index contributed by atoms with van der Waals surface area (Å²) in [7, 11) is 0. The van der Waals surface area contributed by atoms with Gasteiger partial charge < -0.3 is 29.0 Å². The van der Waals surface area contributed by atoms with E-state index >= 15 is 0 Å². The third-order valence-electron chi connectivity index (χ3n) is 6.82. The maximum absolute atomic E-state index is 13.4. The smallest absolute Gasteiger partial charge is 0.295 e. The number of nitrogens with zero attached hydrogens (tertiary/aromatic N) is 2. The molecule has 2 saturated heterocycles. The molecule has 0 saturated carbocycles. The number of ketones is 1. The Morgan fingerprint density at radius 3 is 2.57 bits per heavy atom. The molecule has 9 nitrogen and oxygen atoms in total. The van der Waals surface area contributed by atoms with Crippen LogP contribution in [0.3, 0.4) is 0 Å². The van der Waals surface area contributed by atoms with E-state index < -0.39 is 17.7 Å². The lowest BCUT2D eigenvalue weighted by molar-refractivity contribution is -0.140. The van der Waals surface area contributed by atoms with Gasteiger partial charge >= 0.3 is 0 Å². The molecule has 1 amide bonds. The molecule has 3 aliphatic heterocycles. The molecule has 1 atom stereocenters. The van der Waals surface area contributed by atoms with Gasteiger partial charge in [0.05, 0.1) is 31.4 Å². The average Bonchev–Trinajstić information content (AvgIpc) is 3.18. The van der Waals surface area contributed by atoms with E-state index in [4.69, 9.17) is 18.9 Å². The first-order valence-electron chi connectivity index (χ1n) is 12.8. The Hall–Kier alpha value is -3.56. The molecule has 2 aromatic carbocycles. The minimum absolute atomic E-state index is 0.0571.